The van der Waals surface area contributed by atoms with Crippen molar-refractivity contribution in [3.63, 3.8) is 0 Å². The number of rotatable bonds is 5. The lowest BCUT2D eigenvalue weighted by Crippen LogP contribution is -2.30. The van der Waals surface area contributed by atoms with Gasteiger partial charge in [0.25, 0.3) is 0 Å². The molecule has 0 aliphatic heterocycles. The zero-order valence-corrected chi connectivity index (χ0v) is 13.3. The second-order valence-electron chi connectivity index (χ2n) is 6.00. The molecule has 4 heteroatoms. The van der Waals surface area contributed by atoms with Crippen molar-refractivity contribution in [1.82, 2.24) is 4.90 Å². The summed E-state index contributed by atoms with van der Waals surface area (Å²) in [6, 6.07) is 7.57. The molecule has 1 aromatic carbocycles. The number of nitrogens with zero attached hydrogens (tertiary/aromatic N) is 1. The lowest BCUT2D eigenvalue weighted by Gasteiger charge is -2.22. The summed E-state index contributed by atoms with van der Waals surface area (Å²) < 4.78 is 11.1. The highest BCUT2D eigenvalue weighted by Crippen LogP contribution is 2.22. The van der Waals surface area contributed by atoms with Crippen molar-refractivity contribution < 1.29 is 13.9 Å². The number of ether oxygens (including phenoxy) is 1. The van der Waals surface area contributed by atoms with Crippen LogP contribution in [0.4, 0.5) is 0 Å². The third-order valence-electron chi connectivity index (χ3n) is 3.62. The molecule has 2 aromatic rings. The average molecular weight is 289 g/mol. The summed E-state index contributed by atoms with van der Waals surface area (Å²) >= 11 is 0. The van der Waals surface area contributed by atoms with E-state index in [-0.39, 0.29) is 17.8 Å². The topological polar surface area (TPSA) is 42.7 Å². The normalized spacial score (nSPS) is 14.4. The first kappa shape index (κ1) is 15.6. The van der Waals surface area contributed by atoms with Crippen molar-refractivity contribution in [3.05, 3.63) is 35.6 Å². The van der Waals surface area contributed by atoms with Crippen LogP contribution in [0.3, 0.4) is 0 Å². The van der Waals surface area contributed by atoms with E-state index >= 15 is 0 Å². The minimum absolute atomic E-state index is 0.158. The summed E-state index contributed by atoms with van der Waals surface area (Å²) in [6.45, 7) is 6.86. The van der Waals surface area contributed by atoms with Crippen LogP contribution >= 0.6 is 0 Å². The van der Waals surface area contributed by atoms with Crippen LogP contribution in [0.1, 0.15) is 30.0 Å². The maximum absolute atomic E-state index is 12.2. The van der Waals surface area contributed by atoms with E-state index in [1.165, 1.54) is 0 Å². The second-order valence-corrected chi connectivity index (χ2v) is 6.00. The largest absolute Gasteiger partial charge is 0.456 e. The van der Waals surface area contributed by atoms with E-state index in [0.717, 1.165) is 17.5 Å². The van der Waals surface area contributed by atoms with Crippen molar-refractivity contribution in [1.29, 1.82) is 0 Å². The van der Waals surface area contributed by atoms with Crippen molar-refractivity contribution >= 4 is 16.9 Å². The van der Waals surface area contributed by atoms with E-state index < -0.39 is 5.97 Å². The highest BCUT2D eigenvalue weighted by molar-refractivity contribution is 5.92. The predicted octanol–water partition coefficient (Wildman–Crippen LogP) is 3.48. The Kier molecular flexibility index (Phi) is 4.68. The molecule has 21 heavy (non-hydrogen) atoms. The van der Waals surface area contributed by atoms with Gasteiger partial charge in [0.05, 0.1) is 0 Å². The lowest BCUT2D eigenvalue weighted by molar-refractivity contribution is 0.0156. The van der Waals surface area contributed by atoms with Gasteiger partial charge in [0.15, 0.2) is 0 Å². The van der Waals surface area contributed by atoms with Crippen LogP contribution in [0.15, 0.2) is 28.7 Å². The number of aryl methyl sites for hydroxylation is 1. The Balaban J connectivity index is 2.08. The third-order valence-corrected chi connectivity index (χ3v) is 3.62. The van der Waals surface area contributed by atoms with Crippen molar-refractivity contribution in [3.8, 4) is 0 Å². The molecule has 0 radical (unpaired) electrons. The molecule has 2 atom stereocenters. The molecule has 0 amide bonds. The first-order chi connectivity index (χ1) is 9.86. The predicted molar refractivity (Wildman–Crippen MR) is 83.5 cm³/mol. The molecular weight excluding hydrogens is 266 g/mol. The van der Waals surface area contributed by atoms with Crippen LogP contribution in [0.2, 0.25) is 0 Å². The molecule has 0 fully saturated rings. The van der Waals surface area contributed by atoms with Gasteiger partial charge in [0, 0.05) is 17.8 Å². The molecule has 0 saturated carbocycles. The molecule has 1 aromatic heterocycles. The number of hydrogen-bond donors (Lipinski definition) is 0. The van der Waals surface area contributed by atoms with Crippen LogP contribution in [-0.2, 0) is 4.74 Å². The number of carbonyl (C=O) groups is 1. The van der Waals surface area contributed by atoms with E-state index in [1.807, 2.05) is 46.1 Å². The summed E-state index contributed by atoms with van der Waals surface area (Å²) in [5, 5.41) is 0.927. The van der Waals surface area contributed by atoms with Gasteiger partial charge in [0.2, 0.25) is 5.76 Å². The van der Waals surface area contributed by atoms with Crippen molar-refractivity contribution in [2.24, 2.45) is 5.92 Å². The Morgan fingerprint density at radius 2 is 2.00 bits per heavy atom. The van der Waals surface area contributed by atoms with Gasteiger partial charge >= 0.3 is 5.97 Å². The first-order valence-corrected chi connectivity index (χ1v) is 7.22. The lowest BCUT2D eigenvalue weighted by atomic mass is 10.1. The summed E-state index contributed by atoms with van der Waals surface area (Å²) in [6.07, 6.45) is -0.158. The van der Waals surface area contributed by atoms with Crippen molar-refractivity contribution in [2.45, 2.75) is 26.9 Å². The zero-order chi connectivity index (χ0) is 15.6. The Hall–Kier alpha value is -1.81. The number of furan rings is 1. The summed E-state index contributed by atoms with van der Waals surface area (Å²) in [5.41, 5.74) is 1.85. The number of benzene rings is 1. The van der Waals surface area contributed by atoms with E-state index in [2.05, 4.69) is 11.8 Å². The third kappa shape index (κ3) is 3.85. The van der Waals surface area contributed by atoms with Gasteiger partial charge in [-0.25, -0.2) is 4.79 Å². The summed E-state index contributed by atoms with van der Waals surface area (Å²) in [4.78, 5) is 14.3. The van der Waals surface area contributed by atoms with Gasteiger partial charge in [-0.2, -0.15) is 0 Å². The number of hydrogen-bond acceptors (Lipinski definition) is 4. The number of fused-ring (bicyclic) bond motifs is 1. The molecule has 0 aliphatic rings. The monoisotopic (exact) mass is 289 g/mol. The molecule has 0 unspecified atom stereocenters. The molecule has 0 aliphatic carbocycles. The van der Waals surface area contributed by atoms with Gasteiger partial charge in [-0.3, -0.25) is 0 Å². The molecule has 114 valence electrons. The summed E-state index contributed by atoms with van der Waals surface area (Å²) in [5.74, 6) is 0.122. The molecule has 0 N–H and O–H groups in total. The first-order valence-electron chi connectivity index (χ1n) is 7.22. The Morgan fingerprint density at radius 3 is 2.67 bits per heavy atom. The average Bonchev–Trinajstić information content (AvgIpc) is 2.80. The van der Waals surface area contributed by atoms with Crippen LogP contribution in [0, 0.1) is 12.8 Å². The molecule has 2 rings (SSSR count). The fourth-order valence-electron chi connectivity index (χ4n) is 2.33. The zero-order valence-electron chi connectivity index (χ0n) is 13.3. The quantitative estimate of drug-likeness (QED) is 0.790. The molecule has 0 spiro atoms. The Labute approximate surface area is 125 Å². The van der Waals surface area contributed by atoms with Crippen LogP contribution in [0.25, 0.3) is 11.0 Å². The summed E-state index contributed by atoms with van der Waals surface area (Å²) in [7, 11) is 4.01. The fourth-order valence-corrected chi connectivity index (χ4v) is 2.33. The van der Waals surface area contributed by atoms with Gasteiger partial charge < -0.3 is 14.1 Å². The smallest absolute Gasteiger partial charge is 0.374 e. The Bertz CT molecular complexity index is 630. The van der Waals surface area contributed by atoms with Crippen molar-refractivity contribution in [2.75, 3.05) is 20.6 Å². The highest BCUT2D eigenvalue weighted by atomic mass is 16.6. The molecular formula is C17H23NO3. The molecule has 1 heterocycles. The number of esters is 1. The minimum Gasteiger partial charge on any atom is -0.456 e. The van der Waals surface area contributed by atoms with Gasteiger partial charge in [-0.05, 0) is 46.1 Å². The minimum atomic E-state index is -0.401. The standard InChI is InChI=1S/C17H23NO3/c1-11-6-7-15-14(8-11)9-16(21-15)17(19)20-13(3)12(2)10-18(4)5/h6-9,12-13H,10H2,1-5H3/t12-,13+/m1/s1. The van der Waals surface area contributed by atoms with E-state index in [1.54, 1.807) is 6.07 Å². The second kappa shape index (κ2) is 6.31. The van der Waals surface area contributed by atoms with Crippen LogP contribution in [0.5, 0.6) is 0 Å². The maximum atomic E-state index is 12.2. The Morgan fingerprint density at radius 1 is 1.29 bits per heavy atom. The van der Waals surface area contributed by atoms with E-state index in [0.29, 0.717) is 5.58 Å². The molecule has 0 bridgehead atoms. The van der Waals surface area contributed by atoms with Gasteiger partial charge in [0.1, 0.15) is 11.7 Å². The highest BCUT2D eigenvalue weighted by Gasteiger charge is 2.21. The fraction of sp³-hybridized carbons (Fsp3) is 0.471. The van der Waals surface area contributed by atoms with Gasteiger partial charge in [-0.1, -0.05) is 18.6 Å². The van der Waals surface area contributed by atoms with Crippen LogP contribution in [-0.4, -0.2) is 37.6 Å². The number of carbonyl (C=O) groups excluding carboxylic acids is 1. The van der Waals surface area contributed by atoms with E-state index in [9.17, 15) is 4.79 Å². The van der Waals surface area contributed by atoms with Crippen LogP contribution < -0.4 is 0 Å². The molecule has 4 nitrogen and oxygen atoms in total. The SMILES string of the molecule is Cc1ccc2oc(C(=O)O[C@@H](C)[C@H](C)CN(C)C)cc2c1. The van der Waals surface area contributed by atoms with E-state index in [4.69, 9.17) is 9.15 Å². The maximum Gasteiger partial charge on any atom is 0.374 e. The molecule has 0 saturated heterocycles. The van der Waals surface area contributed by atoms with Gasteiger partial charge in [-0.15, -0.1) is 0 Å².